The fourth-order valence-electron chi connectivity index (χ4n) is 3.65. The van der Waals surface area contributed by atoms with Gasteiger partial charge in [0.15, 0.2) is 0 Å². The largest absolute Gasteiger partial charge is 0.296 e. The van der Waals surface area contributed by atoms with Gasteiger partial charge in [0.05, 0.1) is 24.5 Å². The maximum Gasteiger partial charge on any atom is 0.266 e. The zero-order valence-corrected chi connectivity index (χ0v) is 16.1. The Kier molecular flexibility index (Phi) is 4.28. The molecule has 5 nitrogen and oxygen atoms in total. The summed E-state index contributed by atoms with van der Waals surface area (Å²) in [5.74, 6) is 0.507. The maximum atomic E-state index is 12.1. The van der Waals surface area contributed by atoms with E-state index in [1.165, 1.54) is 28.4 Å². The minimum absolute atomic E-state index is 0.00259. The molecule has 1 fully saturated rings. The third-order valence-electron chi connectivity index (χ3n) is 5.10. The van der Waals surface area contributed by atoms with Gasteiger partial charge in [0.1, 0.15) is 5.01 Å². The van der Waals surface area contributed by atoms with E-state index in [4.69, 9.17) is 4.98 Å². The Morgan fingerprint density at radius 3 is 2.76 bits per heavy atom. The summed E-state index contributed by atoms with van der Waals surface area (Å²) in [5.41, 5.74) is 2.28. The van der Waals surface area contributed by atoms with Crippen LogP contribution in [0.1, 0.15) is 48.5 Å². The minimum Gasteiger partial charge on any atom is -0.296 e. The molecular formula is C19H26N4OS. The van der Waals surface area contributed by atoms with E-state index in [1.54, 1.807) is 10.7 Å². The third kappa shape index (κ3) is 3.55. The van der Waals surface area contributed by atoms with Crippen LogP contribution in [0.15, 0.2) is 16.9 Å². The van der Waals surface area contributed by atoms with E-state index in [1.807, 2.05) is 17.4 Å². The predicted molar refractivity (Wildman–Crippen MR) is 100 cm³/mol. The Bertz CT molecular complexity index is 805. The summed E-state index contributed by atoms with van der Waals surface area (Å²) in [5, 5.41) is 5.84. The van der Waals surface area contributed by atoms with Crippen molar-refractivity contribution in [1.29, 1.82) is 0 Å². The quantitative estimate of drug-likeness (QED) is 0.843. The molecule has 6 heteroatoms. The van der Waals surface area contributed by atoms with E-state index in [2.05, 4.69) is 30.8 Å². The van der Waals surface area contributed by atoms with E-state index < -0.39 is 0 Å². The van der Waals surface area contributed by atoms with Gasteiger partial charge in [0.2, 0.25) is 0 Å². The number of rotatable bonds is 4. The van der Waals surface area contributed by atoms with Crippen LogP contribution in [0.4, 0.5) is 0 Å². The van der Waals surface area contributed by atoms with Gasteiger partial charge in [-0.3, -0.25) is 9.69 Å². The average molecular weight is 359 g/mol. The van der Waals surface area contributed by atoms with Crippen molar-refractivity contribution in [2.75, 3.05) is 13.1 Å². The van der Waals surface area contributed by atoms with Gasteiger partial charge in [0.25, 0.3) is 5.56 Å². The number of nitrogens with zero attached hydrogens (tertiary/aromatic N) is 4. The number of likely N-dealkylation sites (tertiary alicyclic amines) is 1. The van der Waals surface area contributed by atoms with Crippen LogP contribution in [0.25, 0.3) is 0 Å². The molecule has 2 aromatic rings. The summed E-state index contributed by atoms with van der Waals surface area (Å²) < 4.78 is 1.65. The van der Waals surface area contributed by atoms with Gasteiger partial charge >= 0.3 is 0 Å². The normalized spacial score (nSPS) is 18.4. The van der Waals surface area contributed by atoms with Crippen LogP contribution in [-0.2, 0) is 31.3 Å². The Morgan fingerprint density at radius 2 is 2.04 bits per heavy atom. The number of fused-ring (bicyclic) bond motifs is 1. The van der Waals surface area contributed by atoms with Crippen molar-refractivity contribution in [2.24, 2.45) is 5.92 Å². The van der Waals surface area contributed by atoms with Gasteiger partial charge in [0, 0.05) is 35.4 Å². The van der Waals surface area contributed by atoms with Gasteiger partial charge in [-0.25, -0.2) is 9.67 Å². The summed E-state index contributed by atoms with van der Waals surface area (Å²) in [4.78, 5) is 20.8. The molecule has 1 aliphatic carbocycles. The second-order valence-electron chi connectivity index (χ2n) is 8.38. The highest BCUT2D eigenvalue weighted by Crippen LogP contribution is 2.29. The SMILES string of the molecule is CC(C)(C)c1ccc(=O)n(CC2CN(Cc3nc4c(s3)CCC4)C2)n1. The molecule has 0 unspecified atom stereocenters. The van der Waals surface area contributed by atoms with Gasteiger partial charge < -0.3 is 0 Å². The fraction of sp³-hybridized carbons (Fsp3) is 0.632. The highest BCUT2D eigenvalue weighted by atomic mass is 32.1. The molecule has 134 valence electrons. The molecule has 2 aliphatic rings. The maximum absolute atomic E-state index is 12.1. The molecule has 0 radical (unpaired) electrons. The van der Waals surface area contributed by atoms with Crippen molar-refractivity contribution < 1.29 is 0 Å². The highest BCUT2D eigenvalue weighted by molar-refractivity contribution is 7.11. The van der Waals surface area contributed by atoms with Crippen LogP contribution in [0.3, 0.4) is 0 Å². The van der Waals surface area contributed by atoms with Crippen molar-refractivity contribution in [3.05, 3.63) is 43.8 Å². The number of aromatic nitrogens is 3. The molecule has 0 spiro atoms. The predicted octanol–water partition coefficient (Wildman–Crippen LogP) is 2.62. The number of thiazole rings is 1. The number of hydrogen-bond donors (Lipinski definition) is 0. The monoisotopic (exact) mass is 358 g/mol. The summed E-state index contributed by atoms with van der Waals surface area (Å²) in [6, 6.07) is 3.51. The second-order valence-corrected chi connectivity index (χ2v) is 9.55. The van der Waals surface area contributed by atoms with Crippen LogP contribution >= 0.6 is 11.3 Å². The van der Waals surface area contributed by atoms with Gasteiger partial charge in [-0.05, 0) is 25.3 Å². The van der Waals surface area contributed by atoms with Crippen LogP contribution in [0.2, 0.25) is 0 Å². The Labute approximate surface area is 152 Å². The first-order valence-corrected chi connectivity index (χ1v) is 9.98. The number of aryl methyl sites for hydroxylation is 2. The second kappa shape index (κ2) is 6.32. The molecule has 2 aromatic heterocycles. The lowest BCUT2D eigenvalue weighted by Gasteiger charge is -2.38. The molecule has 25 heavy (non-hydrogen) atoms. The third-order valence-corrected chi connectivity index (χ3v) is 6.24. The van der Waals surface area contributed by atoms with Gasteiger partial charge in [-0.1, -0.05) is 20.8 Å². The topological polar surface area (TPSA) is 51.0 Å². The lowest BCUT2D eigenvalue weighted by Crippen LogP contribution is -2.49. The average Bonchev–Trinajstić information content (AvgIpc) is 3.06. The van der Waals surface area contributed by atoms with E-state index in [-0.39, 0.29) is 11.0 Å². The summed E-state index contributed by atoms with van der Waals surface area (Å²) >= 11 is 1.89. The molecule has 0 N–H and O–H groups in total. The van der Waals surface area contributed by atoms with Gasteiger partial charge in [-0.15, -0.1) is 11.3 Å². The van der Waals surface area contributed by atoms with E-state index >= 15 is 0 Å². The molecule has 0 aromatic carbocycles. The zero-order valence-electron chi connectivity index (χ0n) is 15.3. The standard InChI is InChI=1S/C19H26N4OS/c1-19(2,3)16-7-8-18(24)23(21-16)11-13-9-22(10-13)12-17-20-14-5-4-6-15(14)25-17/h7-8,13H,4-6,9-12H2,1-3H3. The van der Waals surface area contributed by atoms with Crippen molar-refractivity contribution >= 4 is 11.3 Å². The molecule has 0 bridgehead atoms. The first kappa shape index (κ1) is 16.9. The summed E-state index contributed by atoms with van der Waals surface area (Å²) in [7, 11) is 0. The lowest BCUT2D eigenvalue weighted by atomic mass is 9.92. The molecule has 0 amide bonds. The van der Waals surface area contributed by atoms with Crippen LogP contribution in [-0.4, -0.2) is 32.8 Å². The summed E-state index contributed by atoms with van der Waals surface area (Å²) in [6.45, 7) is 10.1. The fourth-order valence-corrected chi connectivity index (χ4v) is 4.85. The Morgan fingerprint density at radius 1 is 1.24 bits per heavy atom. The van der Waals surface area contributed by atoms with E-state index in [9.17, 15) is 4.79 Å². The van der Waals surface area contributed by atoms with Crippen LogP contribution in [0.5, 0.6) is 0 Å². The molecular weight excluding hydrogens is 332 g/mol. The molecule has 0 saturated carbocycles. The zero-order chi connectivity index (χ0) is 17.6. The summed E-state index contributed by atoms with van der Waals surface area (Å²) in [6.07, 6.45) is 3.65. The Balaban J connectivity index is 1.34. The van der Waals surface area contributed by atoms with Crippen molar-refractivity contribution in [3.63, 3.8) is 0 Å². The van der Waals surface area contributed by atoms with Gasteiger partial charge in [-0.2, -0.15) is 5.10 Å². The molecule has 1 aliphatic heterocycles. The highest BCUT2D eigenvalue weighted by Gasteiger charge is 2.29. The lowest BCUT2D eigenvalue weighted by molar-refractivity contribution is 0.0762. The first-order valence-electron chi connectivity index (χ1n) is 9.17. The number of hydrogen-bond acceptors (Lipinski definition) is 5. The first-order chi connectivity index (χ1) is 11.9. The Hall–Kier alpha value is -1.53. The molecule has 1 saturated heterocycles. The van der Waals surface area contributed by atoms with Crippen LogP contribution < -0.4 is 5.56 Å². The van der Waals surface area contributed by atoms with Crippen molar-refractivity contribution in [1.82, 2.24) is 19.7 Å². The molecule has 3 heterocycles. The van der Waals surface area contributed by atoms with E-state index in [0.717, 1.165) is 31.7 Å². The van der Waals surface area contributed by atoms with Crippen LogP contribution in [0, 0.1) is 5.92 Å². The molecule has 0 atom stereocenters. The molecule has 4 rings (SSSR count). The van der Waals surface area contributed by atoms with E-state index in [0.29, 0.717) is 12.5 Å². The van der Waals surface area contributed by atoms with Crippen molar-refractivity contribution in [2.45, 2.75) is 58.5 Å². The van der Waals surface area contributed by atoms with Crippen molar-refractivity contribution in [3.8, 4) is 0 Å². The smallest absolute Gasteiger partial charge is 0.266 e. The minimum atomic E-state index is -0.0354.